The number of nitrogens with zero attached hydrogens (tertiary/aromatic N) is 2. The molecule has 0 unspecified atom stereocenters. The Kier molecular flexibility index (Phi) is 6.05. The molecule has 138 valence electrons. The maximum atomic E-state index is 10.8. The first-order valence-electron chi connectivity index (χ1n) is 8.40. The number of ether oxygens (including phenoxy) is 1. The van der Waals surface area contributed by atoms with Gasteiger partial charge in [-0.05, 0) is 47.5 Å². The highest BCUT2D eigenvalue weighted by atomic mass is 35.5. The summed E-state index contributed by atoms with van der Waals surface area (Å²) in [6.07, 6.45) is 1.70. The fourth-order valence-corrected chi connectivity index (χ4v) is 2.83. The van der Waals surface area contributed by atoms with E-state index in [-0.39, 0.29) is 5.69 Å². The van der Waals surface area contributed by atoms with Crippen LogP contribution in [0.25, 0.3) is 11.6 Å². The number of non-ortho nitro benzene ring substituents is 1. The lowest BCUT2D eigenvalue weighted by Crippen LogP contribution is -1.97. The van der Waals surface area contributed by atoms with E-state index in [0.29, 0.717) is 28.5 Å². The van der Waals surface area contributed by atoms with Gasteiger partial charge < -0.3 is 4.74 Å². The van der Waals surface area contributed by atoms with E-state index in [1.54, 1.807) is 24.3 Å². The van der Waals surface area contributed by atoms with E-state index in [2.05, 4.69) is 6.07 Å². The molecule has 0 aliphatic carbocycles. The molecule has 0 amide bonds. The summed E-state index contributed by atoms with van der Waals surface area (Å²) in [5, 5.41) is 21.0. The maximum Gasteiger partial charge on any atom is 0.269 e. The van der Waals surface area contributed by atoms with Crippen LogP contribution in [0.5, 0.6) is 5.75 Å². The minimum atomic E-state index is -0.474. The van der Waals surface area contributed by atoms with Gasteiger partial charge in [-0.3, -0.25) is 10.1 Å². The van der Waals surface area contributed by atoms with Gasteiger partial charge in [0, 0.05) is 22.7 Å². The highest BCUT2D eigenvalue weighted by Gasteiger charge is 2.09. The zero-order valence-electron chi connectivity index (χ0n) is 14.7. The van der Waals surface area contributed by atoms with Crippen molar-refractivity contribution in [1.82, 2.24) is 0 Å². The Balaban J connectivity index is 1.86. The Morgan fingerprint density at radius 3 is 2.54 bits per heavy atom. The van der Waals surface area contributed by atoms with Crippen molar-refractivity contribution in [2.45, 2.75) is 6.61 Å². The Morgan fingerprint density at radius 1 is 1.11 bits per heavy atom. The molecule has 0 N–H and O–H groups in total. The van der Waals surface area contributed by atoms with Crippen LogP contribution in [-0.2, 0) is 6.61 Å². The van der Waals surface area contributed by atoms with Crippen LogP contribution < -0.4 is 4.74 Å². The van der Waals surface area contributed by atoms with Crippen LogP contribution in [0.3, 0.4) is 0 Å². The van der Waals surface area contributed by atoms with E-state index in [9.17, 15) is 15.4 Å². The van der Waals surface area contributed by atoms with Crippen LogP contribution in [0.1, 0.15) is 16.7 Å². The second-order valence-electron chi connectivity index (χ2n) is 5.93. The maximum absolute atomic E-state index is 10.8. The molecule has 0 saturated heterocycles. The van der Waals surface area contributed by atoms with Crippen molar-refractivity contribution in [3.8, 4) is 11.8 Å². The minimum Gasteiger partial charge on any atom is -0.488 e. The van der Waals surface area contributed by atoms with Crippen molar-refractivity contribution in [3.05, 3.63) is 105 Å². The molecule has 0 atom stereocenters. The Bertz CT molecular complexity index is 1070. The first kappa shape index (κ1) is 19.2. The van der Waals surface area contributed by atoms with Gasteiger partial charge in [0.25, 0.3) is 5.69 Å². The van der Waals surface area contributed by atoms with Crippen LogP contribution in [0.4, 0.5) is 5.69 Å². The lowest BCUT2D eigenvalue weighted by atomic mass is 10.0. The van der Waals surface area contributed by atoms with Gasteiger partial charge >= 0.3 is 0 Å². The van der Waals surface area contributed by atoms with E-state index in [1.165, 1.54) is 12.1 Å². The number of hydrogen-bond donors (Lipinski definition) is 0. The number of allylic oxidation sites excluding steroid dienone is 1. The molecule has 0 fully saturated rings. The van der Waals surface area contributed by atoms with Crippen LogP contribution in [-0.4, -0.2) is 4.92 Å². The lowest BCUT2D eigenvalue weighted by molar-refractivity contribution is -0.384. The van der Waals surface area contributed by atoms with E-state index < -0.39 is 4.92 Å². The van der Waals surface area contributed by atoms with E-state index >= 15 is 0 Å². The second-order valence-corrected chi connectivity index (χ2v) is 6.37. The van der Waals surface area contributed by atoms with Crippen molar-refractivity contribution in [2.24, 2.45) is 0 Å². The molecule has 0 aromatic heterocycles. The molecule has 0 aliphatic rings. The molecule has 0 radical (unpaired) electrons. The number of rotatable bonds is 6. The number of nitro benzene ring substituents is 1. The summed E-state index contributed by atoms with van der Waals surface area (Å²) in [6.45, 7) is 0.338. The van der Waals surface area contributed by atoms with E-state index in [0.717, 1.165) is 11.1 Å². The largest absolute Gasteiger partial charge is 0.488 e. The van der Waals surface area contributed by atoms with Crippen LogP contribution in [0.2, 0.25) is 5.02 Å². The molecule has 28 heavy (non-hydrogen) atoms. The molecule has 0 spiro atoms. The Morgan fingerprint density at radius 2 is 1.86 bits per heavy atom. The van der Waals surface area contributed by atoms with Gasteiger partial charge in [-0.15, -0.1) is 0 Å². The Hall–Kier alpha value is -3.62. The van der Waals surface area contributed by atoms with Gasteiger partial charge in [-0.1, -0.05) is 41.9 Å². The SMILES string of the molecule is N#CC(=Cc1ccccc1OCc1cccc(Cl)c1)c1ccc([N+](=O)[O-])cc1. The fraction of sp³-hybridized carbons (Fsp3) is 0.0455. The van der Waals surface area contributed by atoms with Crippen molar-refractivity contribution < 1.29 is 9.66 Å². The molecular formula is C22H15ClN2O3. The molecule has 3 rings (SSSR count). The summed E-state index contributed by atoms with van der Waals surface area (Å²) in [6, 6.07) is 22.8. The summed E-state index contributed by atoms with van der Waals surface area (Å²) in [5.74, 6) is 0.622. The zero-order chi connectivity index (χ0) is 19.9. The molecule has 5 nitrogen and oxygen atoms in total. The van der Waals surface area contributed by atoms with Crippen LogP contribution in [0, 0.1) is 21.4 Å². The van der Waals surface area contributed by atoms with Crippen molar-refractivity contribution >= 4 is 28.9 Å². The van der Waals surface area contributed by atoms with Gasteiger partial charge in [-0.2, -0.15) is 5.26 Å². The summed E-state index contributed by atoms with van der Waals surface area (Å²) < 4.78 is 5.91. The quantitative estimate of drug-likeness (QED) is 0.227. The predicted octanol–water partition coefficient (Wildman–Crippen LogP) is 5.89. The monoisotopic (exact) mass is 390 g/mol. The number of hydrogen-bond acceptors (Lipinski definition) is 4. The second kappa shape index (κ2) is 8.85. The Labute approximate surface area is 167 Å². The van der Waals surface area contributed by atoms with Gasteiger partial charge in [-0.25, -0.2) is 0 Å². The molecule has 3 aromatic carbocycles. The third kappa shape index (κ3) is 4.76. The fourth-order valence-electron chi connectivity index (χ4n) is 2.62. The first-order chi connectivity index (χ1) is 13.6. The normalized spacial score (nSPS) is 10.9. The number of para-hydroxylation sites is 1. The highest BCUT2D eigenvalue weighted by Crippen LogP contribution is 2.26. The van der Waals surface area contributed by atoms with E-state index in [1.807, 2.05) is 42.5 Å². The topological polar surface area (TPSA) is 76.2 Å². The van der Waals surface area contributed by atoms with Gasteiger partial charge in [0.05, 0.1) is 16.6 Å². The third-order valence-corrected chi connectivity index (χ3v) is 4.25. The van der Waals surface area contributed by atoms with Crippen molar-refractivity contribution in [1.29, 1.82) is 5.26 Å². The average Bonchev–Trinajstić information content (AvgIpc) is 2.71. The molecule has 0 aliphatic heterocycles. The van der Waals surface area contributed by atoms with Crippen molar-refractivity contribution in [2.75, 3.05) is 0 Å². The number of nitro groups is 1. The first-order valence-corrected chi connectivity index (χ1v) is 8.77. The lowest BCUT2D eigenvalue weighted by Gasteiger charge is -2.10. The number of nitriles is 1. The van der Waals surface area contributed by atoms with Gasteiger partial charge in [0.1, 0.15) is 12.4 Å². The summed E-state index contributed by atoms with van der Waals surface area (Å²) >= 11 is 6.00. The van der Waals surface area contributed by atoms with Crippen LogP contribution in [0.15, 0.2) is 72.8 Å². The standard InChI is InChI=1S/C22H15ClN2O3/c23-20-6-3-4-16(12-20)15-28-22-7-2-1-5-18(22)13-19(14-24)17-8-10-21(11-9-17)25(26)27/h1-13H,15H2. The summed E-state index contributed by atoms with van der Waals surface area (Å²) in [5.41, 5.74) is 2.62. The van der Waals surface area contributed by atoms with Crippen molar-refractivity contribution in [3.63, 3.8) is 0 Å². The minimum absolute atomic E-state index is 0.0219. The van der Waals surface area contributed by atoms with Crippen LogP contribution >= 0.6 is 11.6 Å². The molecule has 0 saturated carbocycles. The third-order valence-electron chi connectivity index (χ3n) is 4.01. The highest BCUT2D eigenvalue weighted by molar-refractivity contribution is 6.30. The predicted molar refractivity (Wildman–Crippen MR) is 109 cm³/mol. The summed E-state index contributed by atoms with van der Waals surface area (Å²) in [4.78, 5) is 10.3. The van der Waals surface area contributed by atoms with Gasteiger partial charge in [0.15, 0.2) is 0 Å². The van der Waals surface area contributed by atoms with Gasteiger partial charge in [0.2, 0.25) is 0 Å². The number of benzene rings is 3. The number of halogens is 1. The molecular weight excluding hydrogens is 376 g/mol. The molecule has 0 bridgehead atoms. The molecule has 0 heterocycles. The molecule has 3 aromatic rings. The molecule has 6 heteroatoms. The zero-order valence-corrected chi connectivity index (χ0v) is 15.5. The van der Waals surface area contributed by atoms with E-state index in [4.69, 9.17) is 16.3 Å². The average molecular weight is 391 g/mol. The summed E-state index contributed by atoms with van der Waals surface area (Å²) in [7, 11) is 0. The smallest absolute Gasteiger partial charge is 0.269 e.